The Hall–Kier alpha value is -1.68. The molecule has 0 aliphatic carbocycles. The molecule has 2 aromatic rings. The maximum Gasteiger partial charge on any atom is 0.106 e. The summed E-state index contributed by atoms with van der Waals surface area (Å²) in [4.78, 5) is 0. The largest absolute Gasteiger partial charge is 0.384 e. The highest BCUT2D eigenvalue weighted by atomic mass is 16.3. The number of para-hydroxylation sites is 1. The third-order valence-corrected chi connectivity index (χ3v) is 2.91. The zero-order valence-corrected chi connectivity index (χ0v) is 11.0. The zero-order valence-electron chi connectivity index (χ0n) is 11.0. The Morgan fingerprint density at radius 3 is 2.56 bits per heavy atom. The predicted molar refractivity (Wildman–Crippen MR) is 70.4 cm³/mol. The molecule has 1 aromatic carbocycles. The van der Waals surface area contributed by atoms with Crippen LogP contribution in [-0.4, -0.2) is 20.1 Å². The minimum Gasteiger partial charge on any atom is -0.384 e. The van der Waals surface area contributed by atoms with Gasteiger partial charge in [0.05, 0.1) is 17.6 Å². The molecule has 1 atom stereocenters. The molecular formula is C14H19N3O. The van der Waals surface area contributed by atoms with Gasteiger partial charge in [-0.3, -0.25) is 0 Å². The Morgan fingerprint density at radius 1 is 1.28 bits per heavy atom. The van der Waals surface area contributed by atoms with Gasteiger partial charge in [0, 0.05) is 0 Å². The van der Waals surface area contributed by atoms with Gasteiger partial charge in [-0.1, -0.05) is 37.3 Å². The number of rotatable bonds is 4. The lowest BCUT2D eigenvalue weighted by Gasteiger charge is -2.25. The van der Waals surface area contributed by atoms with Crippen molar-refractivity contribution in [2.45, 2.75) is 32.8 Å². The maximum absolute atomic E-state index is 10.6. The second-order valence-electron chi connectivity index (χ2n) is 5.24. The van der Waals surface area contributed by atoms with E-state index < -0.39 is 5.60 Å². The predicted octanol–water partition coefficient (Wildman–Crippen LogP) is 2.52. The van der Waals surface area contributed by atoms with E-state index in [4.69, 9.17) is 0 Å². The summed E-state index contributed by atoms with van der Waals surface area (Å²) < 4.78 is 1.70. The SMILES string of the molecule is CC(C)CC(C)(O)c1cnnn1-c1ccccc1. The zero-order chi connectivity index (χ0) is 13.2. The van der Waals surface area contributed by atoms with Crippen molar-refractivity contribution in [3.05, 3.63) is 42.2 Å². The highest BCUT2D eigenvalue weighted by Crippen LogP contribution is 2.28. The van der Waals surface area contributed by atoms with Crippen molar-refractivity contribution >= 4 is 0 Å². The van der Waals surface area contributed by atoms with E-state index in [1.807, 2.05) is 37.3 Å². The highest BCUT2D eigenvalue weighted by molar-refractivity contribution is 5.32. The van der Waals surface area contributed by atoms with Gasteiger partial charge in [0.1, 0.15) is 5.60 Å². The second kappa shape index (κ2) is 4.90. The Balaban J connectivity index is 2.39. The van der Waals surface area contributed by atoms with Crippen LogP contribution in [0.5, 0.6) is 0 Å². The molecular weight excluding hydrogens is 226 g/mol. The van der Waals surface area contributed by atoms with Gasteiger partial charge in [0.15, 0.2) is 0 Å². The summed E-state index contributed by atoms with van der Waals surface area (Å²) in [6.45, 7) is 5.99. The lowest BCUT2D eigenvalue weighted by molar-refractivity contribution is 0.0282. The van der Waals surface area contributed by atoms with Crippen LogP contribution < -0.4 is 0 Å². The summed E-state index contributed by atoms with van der Waals surface area (Å²) >= 11 is 0. The minimum atomic E-state index is -0.923. The summed E-state index contributed by atoms with van der Waals surface area (Å²) in [5.74, 6) is 0.402. The smallest absolute Gasteiger partial charge is 0.106 e. The molecule has 1 unspecified atom stereocenters. The molecule has 0 bridgehead atoms. The summed E-state index contributed by atoms with van der Waals surface area (Å²) in [5, 5.41) is 18.6. The van der Waals surface area contributed by atoms with E-state index in [9.17, 15) is 5.11 Å². The molecule has 0 spiro atoms. The first-order valence-corrected chi connectivity index (χ1v) is 6.19. The molecule has 0 aliphatic rings. The molecule has 96 valence electrons. The van der Waals surface area contributed by atoms with Crippen LogP contribution in [0.3, 0.4) is 0 Å². The normalized spacial score (nSPS) is 14.7. The molecule has 1 N–H and O–H groups in total. The molecule has 0 fully saturated rings. The molecule has 1 aromatic heterocycles. The van der Waals surface area contributed by atoms with Gasteiger partial charge in [-0.15, -0.1) is 5.10 Å². The Bertz CT molecular complexity index is 503. The number of aliphatic hydroxyl groups is 1. The van der Waals surface area contributed by atoms with Crippen molar-refractivity contribution < 1.29 is 5.11 Å². The van der Waals surface area contributed by atoms with Gasteiger partial charge in [-0.05, 0) is 31.4 Å². The number of nitrogens with zero attached hydrogens (tertiary/aromatic N) is 3. The summed E-state index contributed by atoms with van der Waals surface area (Å²) in [6.07, 6.45) is 2.31. The van der Waals surface area contributed by atoms with Crippen LogP contribution in [0.25, 0.3) is 5.69 Å². The van der Waals surface area contributed by atoms with Gasteiger partial charge < -0.3 is 5.11 Å². The van der Waals surface area contributed by atoms with Crippen LogP contribution in [0.15, 0.2) is 36.5 Å². The van der Waals surface area contributed by atoms with Crippen LogP contribution in [0, 0.1) is 5.92 Å². The van der Waals surface area contributed by atoms with Crippen molar-refractivity contribution in [1.82, 2.24) is 15.0 Å². The van der Waals surface area contributed by atoms with Crippen LogP contribution in [0.2, 0.25) is 0 Å². The molecule has 4 nitrogen and oxygen atoms in total. The molecule has 1 heterocycles. The van der Waals surface area contributed by atoms with Crippen molar-refractivity contribution in [2.24, 2.45) is 5.92 Å². The van der Waals surface area contributed by atoms with E-state index in [-0.39, 0.29) is 0 Å². The highest BCUT2D eigenvalue weighted by Gasteiger charge is 2.29. The van der Waals surface area contributed by atoms with E-state index in [2.05, 4.69) is 24.2 Å². The van der Waals surface area contributed by atoms with Gasteiger partial charge in [-0.25, -0.2) is 4.68 Å². The van der Waals surface area contributed by atoms with Gasteiger partial charge >= 0.3 is 0 Å². The molecule has 0 radical (unpaired) electrons. The van der Waals surface area contributed by atoms with Crippen molar-refractivity contribution in [1.29, 1.82) is 0 Å². The summed E-state index contributed by atoms with van der Waals surface area (Å²) in [7, 11) is 0. The Morgan fingerprint density at radius 2 is 1.94 bits per heavy atom. The third kappa shape index (κ3) is 2.59. The lowest BCUT2D eigenvalue weighted by atomic mass is 9.91. The number of aromatic nitrogens is 3. The standard InChI is InChI=1S/C14H19N3O/c1-11(2)9-14(3,18)13-10-15-16-17(13)12-7-5-4-6-8-12/h4-8,10-11,18H,9H2,1-3H3. The summed E-state index contributed by atoms with van der Waals surface area (Å²) in [6, 6.07) is 9.73. The minimum absolute atomic E-state index is 0.402. The molecule has 0 aliphatic heterocycles. The topological polar surface area (TPSA) is 50.9 Å². The van der Waals surface area contributed by atoms with Crippen LogP contribution in [0.1, 0.15) is 32.9 Å². The first-order chi connectivity index (χ1) is 8.50. The Kier molecular flexibility index (Phi) is 3.48. The lowest BCUT2D eigenvalue weighted by Crippen LogP contribution is -2.26. The molecule has 4 heteroatoms. The quantitative estimate of drug-likeness (QED) is 0.900. The molecule has 0 amide bonds. The van der Waals surface area contributed by atoms with Crippen LogP contribution >= 0.6 is 0 Å². The fourth-order valence-electron chi connectivity index (χ4n) is 2.26. The van der Waals surface area contributed by atoms with Crippen molar-refractivity contribution in [3.8, 4) is 5.69 Å². The van der Waals surface area contributed by atoms with Crippen molar-refractivity contribution in [2.75, 3.05) is 0 Å². The average molecular weight is 245 g/mol. The van der Waals surface area contributed by atoms with Crippen LogP contribution in [-0.2, 0) is 5.60 Å². The number of hydrogen-bond acceptors (Lipinski definition) is 3. The average Bonchev–Trinajstić information content (AvgIpc) is 2.78. The van der Waals surface area contributed by atoms with E-state index in [1.165, 1.54) is 0 Å². The molecule has 2 rings (SSSR count). The maximum atomic E-state index is 10.6. The molecule has 0 saturated heterocycles. The first kappa shape index (κ1) is 12.8. The summed E-state index contributed by atoms with van der Waals surface area (Å²) in [5.41, 5.74) is 0.712. The van der Waals surface area contributed by atoms with E-state index in [0.717, 1.165) is 11.4 Å². The second-order valence-corrected chi connectivity index (χ2v) is 5.24. The Labute approximate surface area is 107 Å². The fraction of sp³-hybridized carbons (Fsp3) is 0.429. The van der Waals surface area contributed by atoms with Crippen LogP contribution in [0.4, 0.5) is 0 Å². The van der Waals surface area contributed by atoms with Gasteiger partial charge in [0.2, 0.25) is 0 Å². The molecule has 18 heavy (non-hydrogen) atoms. The van der Waals surface area contributed by atoms with Crippen molar-refractivity contribution in [3.63, 3.8) is 0 Å². The number of benzene rings is 1. The van der Waals surface area contributed by atoms with E-state index in [1.54, 1.807) is 10.9 Å². The fourth-order valence-corrected chi connectivity index (χ4v) is 2.26. The van der Waals surface area contributed by atoms with Gasteiger partial charge in [0.25, 0.3) is 0 Å². The van der Waals surface area contributed by atoms with E-state index in [0.29, 0.717) is 12.3 Å². The van der Waals surface area contributed by atoms with E-state index >= 15 is 0 Å². The number of hydrogen-bond donors (Lipinski definition) is 1. The van der Waals surface area contributed by atoms with Gasteiger partial charge in [-0.2, -0.15) is 0 Å². The first-order valence-electron chi connectivity index (χ1n) is 6.19. The monoisotopic (exact) mass is 245 g/mol. The molecule has 0 saturated carbocycles. The third-order valence-electron chi connectivity index (χ3n) is 2.91.